The van der Waals surface area contributed by atoms with Crippen LogP contribution in [-0.4, -0.2) is 16.0 Å². The fraction of sp³-hybridized carbons (Fsp3) is 0.133. The van der Waals surface area contributed by atoms with E-state index in [1.807, 2.05) is 0 Å². The van der Waals surface area contributed by atoms with Crippen molar-refractivity contribution < 1.29 is 19.6 Å². The predicted molar refractivity (Wildman–Crippen MR) is 76.0 cm³/mol. The van der Waals surface area contributed by atoms with Gasteiger partial charge in [-0.05, 0) is 37.6 Å². The Morgan fingerprint density at radius 3 is 2.48 bits per heavy atom. The molecule has 2 rings (SSSR count). The lowest BCUT2D eigenvalue weighted by Crippen LogP contribution is -2.01. The van der Waals surface area contributed by atoms with Crippen LogP contribution < -0.4 is 4.74 Å². The Morgan fingerprint density at radius 2 is 1.86 bits per heavy atom. The maximum atomic E-state index is 11.2. The smallest absolute Gasteiger partial charge is 0.339 e. The Kier molecular flexibility index (Phi) is 3.89. The number of aromatic carboxylic acids is 1. The van der Waals surface area contributed by atoms with Gasteiger partial charge >= 0.3 is 5.97 Å². The average Bonchev–Trinajstić information content (AvgIpc) is 2.40. The Balaban J connectivity index is 2.43. The zero-order valence-electron chi connectivity index (χ0n) is 11.5. The van der Waals surface area contributed by atoms with E-state index in [0.29, 0.717) is 5.56 Å². The molecular formula is C15H13NO5. The summed E-state index contributed by atoms with van der Waals surface area (Å²) >= 11 is 0. The van der Waals surface area contributed by atoms with E-state index in [1.165, 1.54) is 24.3 Å². The Morgan fingerprint density at radius 1 is 1.14 bits per heavy atom. The van der Waals surface area contributed by atoms with Crippen LogP contribution in [0.15, 0.2) is 36.4 Å². The van der Waals surface area contributed by atoms with E-state index >= 15 is 0 Å². The second-order valence-corrected chi connectivity index (χ2v) is 4.67. The third kappa shape index (κ3) is 3.36. The van der Waals surface area contributed by atoms with Gasteiger partial charge in [-0.25, -0.2) is 4.79 Å². The molecule has 0 bridgehead atoms. The van der Waals surface area contributed by atoms with Crippen LogP contribution in [0.3, 0.4) is 0 Å². The van der Waals surface area contributed by atoms with Crippen molar-refractivity contribution in [1.29, 1.82) is 0 Å². The summed E-state index contributed by atoms with van der Waals surface area (Å²) in [7, 11) is 0. The van der Waals surface area contributed by atoms with E-state index in [-0.39, 0.29) is 22.7 Å². The number of aryl methyl sites for hydroxylation is 2. The quantitative estimate of drug-likeness (QED) is 0.684. The lowest BCUT2D eigenvalue weighted by Gasteiger charge is -2.10. The molecule has 0 heterocycles. The van der Waals surface area contributed by atoms with Gasteiger partial charge in [-0.1, -0.05) is 11.6 Å². The Bertz CT molecular complexity index is 724. The number of rotatable bonds is 4. The zero-order chi connectivity index (χ0) is 15.6. The van der Waals surface area contributed by atoms with Crippen LogP contribution in [0.4, 0.5) is 5.69 Å². The maximum absolute atomic E-state index is 11.2. The number of nitro groups is 1. The number of hydrogen-bond donors (Lipinski definition) is 1. The van der Waals surface area contributed by atoms with Gasteiger partial charge < -0.3 is 9.84 Å². The molecule has 0 fully saturated rings. The third-order valence-electron chi connectivity index (χ3n) is 2.84. The van der Waals surface area contributed by atoms with Crippen molar-refractivity contribution in [3.8, 4) is 11.5 Å². The van der Waals surface area contributed by atoms with Crippen molar-refractivity contribution in [2.75, 3.05) is 0 Å². The molecule has 0 radical (unpaired) electrons. The van der Waals surface area contributed by atoms with E-state index in [9.17, 15) is 20.0 Å². The van der Waals surface area contributed by atoms with Crippen molar-refractivity contribution in [2.24, 2.45) is 0 Å². The van der Waals surface area contributed by atoms with Gasteiger partial charge in [0.1, 0.15) is 17.1 Å². The number of carbonyl (C=O) groups is 1. The molecule has 0 aliphatic carbocycles. The Hall–Kier alpha value is -2.89. The van der Waals surface area contributed by atoms with Gasteiger partial charge in [0, 0.05) is 6.07 Å². The summed E-state index contributed by atoms with van der Waals surface area (Å²) in [5, 5.41) is 20.0. The molecule has 2 aromatic rings. The van der Waals surface area contributed by atoms with E-state index < -0.39 is 10.9 Å². The van der Waals surface area contributed by atoms with Gasteiger partial charge in [-0.2, -0.15) is 0 Å². The van der Waals surface area contributed by atoms with Crippen LogP contribution in [0.2, 0.25) is 0 Å². The third-order valence-corrected chi connectivity index (χ3v) is 2.84. The number of non-ortho nitro benzene ring substituents is 1. The molecule has 21 heavy (non-hydrogen) atoms. The lowest BCUT2D eigenvalue weighted by molar-refractivity contribution is -0.385. The molecule has 0 spiro atoms. The first kappa shape index (κ1) is 14.5. The summed E-state index contributed by atoms with van der Waals surface area (Å²) in [6, 6.07) is 9.03. The SMILES string of the molecule is Cc1cc(Oc2ccc(C)cc2C(=O)O)cc([N+](=O)[O-])c1. The number of benzene rings is 2. The first-order valence-corrected chi connectivity index (χ1v) is 6.14. The van der Waals surface area contributed by atoms with E-state index in [2.05, 4.69) is 0 Å². The normalized spacial score (nSPS) is 10.2. The van der Waals surface area contributed by atoms with Crippen LogP contribution in [0, 0.1) is 24.0 Å². The van der Waals surface area contributed by atoms with E-state index in [0.717, 1.165) is 5.56 Å². The maximum Gasteiger partial charge on any atom is 0.339 e. The molecule has 0 atom stereocenters. The molecule has 108 valence electrons. The molecule has 6 nitrogen and oxygen atoms in total. The van der Waals surface area contributed by atoms with Gasteiger partial charge in [0.05, 0.1) is 11.0 Å². The first-order chi connectivity index (χ1) is 9.86. The Labute approximate surface area is 120 Å². The summed E-state index contributed by atoms with van der Waals surface area (Å²) in [6.07, 6.45) is 0. The number of carboxylic acids is 1. The molecule has 0 amide bonds. The lowest BCUT2D eigenvalue weighted by atomic mass is 10.1. The molecule has 6 heteroatoms. The van der Waals surface area contributed by atoms with Crippen LogP contribution >= 0.6 is 0 Å². The van der Waals surface area contributed by atoms with Gasteiger partial charge in [0.15, 0.2) is 0 Å². The van der Waals surface area contributed by atoms with E-state index in [4.69, 9.17) is 4.74 Å². The summed E-state index contributed by atoms with van der Waals surface area (Å²) in [6.45, 7) is 3.47. The predicted octanol–water partition coefficient (Wildman–Crippen LogP) is 3.70. The van der Waals surface area contributed by atoms with Crippen LogP contribution in [0.25, 0.3) is 0 Å². The number of nitro benzene ring substituents is 1. The molecule has 0 unspecified atom stereocenters. The van der Waals surface area contributed by atoms with Crippen molar-refractivity contribution in [1.82, 2.24) is 0 Å². The summed E-state index contributed by atoms with van der Waals surface area (Å²) in [5.74, 6) is -0.739. The highest BCUT2D eigenvalue weighted by atomic mass is 16.6. The number of carboxylic acid groups (broad SMARTS) is 1. The van der Waals surface area contributed by atoms with Crippen molar-refractivity contribution >= 4 is 11.7 Å². The summed E-state index contributed by atoms with van der Waals surface area (Å²) < 4.78 is 5.51. The highest BCUT2D eigenvalue weighted by Crippen LogP contribution is 2.29. The molecule has 2 aromatic carbocycles. The minimum atomic E-state index is -1.11. The highest BCUT2D eigenvalue weighted by Gasteiger charge is 2.14. The number of ether oxygens (including phenoxy) is 1. The topological polar surface area (TPSA) is 89.7 Å². The van der Waals surface area contributed by atoms with Crippen LogP contribution in [0.5, 0.6) is 11.5 Å². The van der Waals surface area contributed by atoms with Gasteiger partial charge in [-0.15, -0.1) is 0 Å². The minimum absolute atomic E-state index is 0.0131. The van der Waals surface area contributed by atoms with Crippen LogP contribution in [-0.2, 0) is 0 Å². The average molecular weight is 287 g/mol. The first-order valence-electron chi connectivity index (χ1n) is 6.14. The fourth-order valence-corrected chi connectivity index (χ4v) is 1.92. The van der Waals surface area contributed by atoms with E-state index in [1.54, 1.807) is 26.0 Å². The second-order valence-electron chi connectivity index (χ2n) is 4.67. The van der Waals surface area contributed by atoms with Gasteiger partial charge in [0.2, 0.25) is 0 Å². The van der Waals surface area contributed by atoms with Crippen molar-refractivity contribution in [2.45, 2.75) is 13.8 Å². The monoisotopic (exact) mass is 287 g/mol. The molecule has 0 aliphatic rings. The minimum Gasteiger partial charge on any atom is -0.478 e. The fourth-order valence-electron chi connectivity index (χ4n) is 1.92. The second kappa shape index (κ2) is 5.62. The standard InChI is InChI=1S/C15H13NO5/c1-9-3-4-14(13(7-9)15(17)18)21-12-6-10(2)5-11(8-12)16(19)20/h3-8H,1-2H3,(H,17,18). The number of nitrogens with zero attached hydrogens (tertiary/aromatic N) is 1. The van der Waals surface area contributed by atoms with Gasteiger partial charge in [0.25, 0.3) is 5.69 Å². The summed E-state index contributed by atoms with van der Waals surface area (Å²) in [4.78, 5) is 21.5. The molecule has 0 saturated heterocycles. The van der Waals surface area contributed by atoms with Gasteiger partial charge in [-0.3, -0.25) is 10.1 Å². The number of hydrogen-bond acceptors (Lipinski definition) is 4. The van der Waals surface area contributed by atoms with Crippen molar-refractivity contribution in [3.63, 3.8) is 0 Å². The largest absolute Gasteiger partial charge is 0.478 e. The highest BCUT2D eigenvalue weighted by molar-refractivity contribution is 5.91. The zero-order valence-corrected chi connectivity index (χ0v) is 11.5. The molecule has 0 aliphatic heterocycles. The molecule has 0 aromatic heterocycles. The molecule has 1 N–H and O–H groups in total. The van der Waals surface area contributed by atoms with Crippen molar-refractivity contribution in [3.05, 3.63) is 63.2 Å². The molecular weight excluding hydrogens is 274 g/mol. The molecule has 0 saturated carbocycles. The summed E-state index contributed by atoms with van der Waals surface area (Å²) in [5.41, 5.74) is 1.35. The van der Waals surface area contributed by atoms with Crippen LogP contribution in [0.1, 0.15) is 21.5 Å².